The van der Waals surface area contributed by atoms with Gasteiger partial charge in [-0.25, -0.2) is 15.0 Å². The highest BCUT2D eigenvalue weighted by molar-refractivity contribution is 5.74. The number of hydrogen-bond donors (Lipinski definition) is 0. The highest BCUT2D eigenvalue weighted by Crippen LogP contribution is 2.17. The molecule has 15 heavy (non-hydrogen) atoms. The minimum Gasteiger partial charge on any atom is -0.255 e. The molecule has 76 valence electrons. The van der Waals surface area contributed by atoms with Crippen molar-refractivity contribution in [2.45, 2.75) is 6.92 Å². The molecule has 0 aromatic carbocycles. The van der Waals surface area contributed by atoms with E-state index in [0.717, 1.165) is 11.1 Å². The molecule has 5 nitrogen and oxygen atoms in total. The van der Waals surface area contributed by atoms with Crippen LogP contribution in [0.4, 0.5) is 0 Å². The molecular weight excluding hydrogens is 190 g/mol. The van der Waals surface area contributed by atoms with Gasteiger partial charge >= 0.3 is 0 Å². The van der Waals surface area contributed by atoms with Crippen LogP contribution in [0.25, 0.3) is 5.57 Å². The Balaban J connectivity index is 2.43. The summed E-state index contributed by atoms with van der Waals surface area (Å²) in [6.45, 7) is 1.94. The standard InChI is InChI=1S/C10H11N5/c1-3-9(8-4-11-6-12-5-8)10-13-7-15(2)14-10/h3-7H,1-2H3/b9-3+. The largest absolute Gasteiger partial charge is 0.255 e. The van der Waals surface area contributed by atoms with Crippen molar-refractivity contribution in [3.63, 3.8) is 0 Å². The van der Waals surface area contributed by atoms with Crippen LogP contribution in [-0.4, -0.2) is 24.7 Å². The molecule has 0 fully saturated rings. The summed E-state index contributed by atoms with van der Waals surface area (Å²) in [6.07, 6.45) is 8.62. The van der Waals surface area contributed by atoms with Gasteiger partial charge in [0, 0.05) is 30.6 Å². The summed E-state index contributed by atoms with van der Waals surface area (Å²) >= 11 is 0. The monoisotopic (exact) mass is 201 g/mol. The lowest BCUT2D eigenvalue weighted by atomic mass is 10.1. The first kappa shape index (κ1) is 9.51. The summed E-state index contributed by atoms with van der Waals surface area (Å²) in [5, 5.41) is 4.24. The highest BCUT2D eigenvalue weighted by atomic mass is 15.3. The summed E-state index contributed by atoms with van der Waals surface area (Å²) in [5.41, 5.74) is 1.86. The fourth-order valence-corrected chi connectivity index (χ4v) is 1.33. The van der Waals surface area contributed by atoms with Crippen molar-refractivity contribution in [1.82, 2.24) is 24.7 Å². The van der Waals surface area contributed by atoms with Gasteiger partial charge in [-0.15, -0.1) is 0 Å². The molecule has 5 heteroatoms. The molecule has 0 unspecified atom stereocenters. The van der Waals surface area contributed by atoms with Gasteiger partial charge in [-0.2, -0.15) is 5.10 Å². The predicted octanol–water partition coefficient (Wildman–Crippen LogP) is 1.06. The van der Waals surface area contributed by atoms with Crippen LogP contribution in [0.1, 0.15) is 18.3 Å². The average molecular weight is 201 g/mol. The molecule has 0 spiro atoms. The Morgan fingerprint density at radius 3 is 2.60 bits per heavy atom. The molecule has 2 aromatic rings. The predicted molar refractivity (Wildman–Crippen MR) is 55.8 cm³/mol. The highest BCUT2D eigenvalue weighted by Gasteiger charge is 2.08. The minimum absolute atomic E-state index is 0.690. The molecule has 0 N–H and O–H groups in total. The Kier molecular flexibility index (Phi) is 2.53. The first-order chi connectivity index (χ1) is 7.31. The molecule has 0 saturated carbocycles. The minimum atomic E-state index is 0.690. The molecule has 0 saturated heterocycles. The fourth-order valence-electron chi connectivity index (χ4n) is 1.33. The maximum atomic E-state index is 4.24. The SMILES string of the molecule is C/C=C(\c1cncnc1)c1ncn(C)n1. The Morgan fingerprint density at radius 2 is 2.07 bits per heavy atom. The average Bonchev–Trinajstić information content (AvgIpc) is 2.68. The molecule has 0 bridgehead atoms. The summed E-state index contributed by atoms with van der Waals surface area (Å²) in [5.74, 6) is 0.690. The van der Waals surface area contributed by atoms with E-state index in [1.54, 1.807) is 23.4 Å². The second kappa shape index (κ2) is 4.00. The first-order valence-corrected chi connectivity index (χ1v) is 4.59. The van der Waals surface area contributed by atoms with Gasteiger partial charge < -0.3 is 0 Å². The summed E-state index contributed by atoms with van der Waals surface area (Å²) in [7, 11) is 1.84. The Hall–Kier alpha value is -2.04. The fraction of sp³-hybridized carbons (Fsp3) is 0.200. The van der Waals surface area contributed by atoms with Crippen molar-refractivity contribution in [2.75, 3.05) is 0 Å². The maximum Gasteiger partial charge on any atom is 0.181 e. The topological polar surface area (TPSA) is 56.5 Å². The van der Waals surface area contributed by atoms with Gasteiger partial charge in [0.2, 0.25) is 0 Å². The molecule has 0 amide bonds. The number of nitrogens with zero attached hydrogens (tertiary/aromatic N) is 5. The van der Waals surface area contributed by atoms with Crippen LogP contribution >= 0.6 is 0 Å². The second-order valence-electron chi connectivity index (χ2n) is 3.07. The molecule has 0 radical (unpaired) electrons. The van der Waals surface area contributed by atoms with Crippen molar-refractivity contribution in [1.29, 1.82) is 0 Å². The number of allylic oxidation sites excluding steroid dienone is 1. The zero-order valence-electron chi connectivity index (χ0n) is 8.62. The molecule has 0 aliphatic carbocycles. The van der Waals surface area contributed by atoms with Crippen molar-refractivity contribution < 1.29 is 0 Å². The lowest BCUT2D eigenvalue weighted by Gasteiger charge is -2.00. The van der Waals surface area contributed by atoms with Crippen molar-refractivity contribution in [2.24, 2.45) is 7.05 Å². The van der Waals surface area contributed by atoms with Crippen LogP contribution in [0.2, 0.25) is 0 Å². The van der Waals surface area contributed by atoms with E-state index in [9.17, 15) is 0 Å². The van der Waals surface area contributed by atoms with E-state index >= 15 is 0 Å². The molecule has 2 rings (SSSR count). The van der Waals surface area contributed by atoms with Crippen LogP contribution in [0.3, 0.4) is 0 Å². The van der Waals surface area contributed by atoms with Crippen molar-refractivity contribution in [3.05, 3.63) is 42.5 Å². The molecular formula is C10H11N5. The van der Waals surface area contributed by atoms with Gasteiger partial charge in [0.25, 0.3) is 0 Å². The summed E-state index contributed by atoms with van der Waals surface area (Å²) in [4.78, 5) is 12.1. The van der Waals surface area contributed by atoms with E-state index in [2.05, 4.69) is 20.1 Å². The van der Waals surface area contributed by atoms with E-state index < -0.39 is 0 Å². The molecule has 2 heterocycles. The van der Waals surface area contributed by atoms with Crippen molar-refractivity contribution in [3.8, 4) is 0 Å². The van der Waals surface area contributed by atoms with Gasteiger partial charge in [0.1, 0.15) is 12.7 Å². The smallest absolute Gasteiger partial charge is 0.181 e. The molecule has 0 atom stereocenters. The van der Waals surface area contributed by atoms with Gasteiger partial charge in [0.15, 0.2) is 5.82 Å². The Labute approximate surface area is 87.5 Å². The number of aryl methyl sites for hydroxylation is 1. The molecule has 2 aromatic heterocycles. The second-order valence-corrected chi connectivity index (χ2v) is 3.07. The summed E-state index contributed by atoms with van der Waals surface area (Å²) in [6, 6.07) is 0. The first-order valence-electron chi connectivity index (χ1n) is 4.59. The van der Waals surface area contributed by atoms with Crippen LogP contribution in [-0.2, 0) is 7.05 Å². The van der Waals surface area contributed by atoms with E-state index in [-0.39, 0.29) is 0 Å². The van der Waals surface area contributed by atoms with Gasteiger partial charge in [0.05, 0.1) is 0 Å². The third kappa shape index (κ3) is 1.90. The van der Waals surface area contributed by atoms with E-state index in [4.69, 9.17) is 0 Å². The van der Waals surface area contributed by atoms with Gasteiger partial charge in [-0.1, -0.05) is 6.08 Å². The lowest BCUT2D eigenvalue weighted by molar-refractivity contribution is 0.762. The normalized spacial score (nSPS) is 11.7. The Morgan fingerprint density at radius 1 is 1.33 bits per heavy atom. The molecule has 0 aliphatic heterocycles. The van der Waals surface area contributed by atoms with Gasteiger partial charge in [-0.3, -0.25) is 4.68 Å². The molecule has 0 aliphatic rings. The third-order valence-electron chi connectivity index (χ3n) is 2.00. The van der Waals surface area contributed by atoms with E-state index in [0.29, 0.717) is 5.82 Å². The van der Waals surface area contributed by atoms with Crippen molar-refractivity contribution >= 4 is 5.57 Å². The van der Waals surface area contributed by atoms with E-state index in [1.807, 2.05) is 20.0 Å². The zero-order chi connectivity index (χ0) is 10.7. The van der Waals surface area contributed by atoms with Gasteiger partial charge in [-0.05, 0) is 6.92 Å². The van der Waals surface area contributed by atoms with Crippen LogP contribution in [0.5, 0.6) is 0 Å². The van der Waals surface area contributed by atoms with Crippen LogP contribution in [0, 0.1) is 0 Å². The number of aromatic nitrogens is 5. The number of hydrogen-bond acceptors (Lipinski definition) is 4. The Bertz CT molecular complexity index is 472. The zero-order valence-corrected chi connectivity index (χ0v) is 8.62. The summed E-state index contributed by atoms with van der Waals surface area (Å²) < 4.78 is 1.67. The lowest BCUT2D eigenvalue weighted by Crippen LogP contribution is -1.94. The maximum absolute atomic E-state index is 4.24. The van der Waals surface area contributed by atoms with Crippen LogP contribution < -0.4 is 0 Å². The quantitative estimate of drug-likeness (QED) is 0.729. The number of rotatable bonds is 2. The van der Waals surface area contributed by atoms with Crippen LogP contribution in [0.15, 0.2) is 31.1 Å². The third-order valence-corrected chi connectivity index (χ3v) is 2.00. The van der Waals surface area contributed by atoms with E-state index in [1.165, 1.54) is 6.33 Å².